The summed E-state index contributed by atoms with van der Waals surface area (Å²) in [4.78, 5) is 32.9. The zero-order valence-electron chi connectivity index (χ0n) is 10.9. The molecule has 7 nitrogen and oxygen atoms in total. The molecule has 0 saturated heterocycles. The molecule has 0 saturated carbocycles. The molecule has 0 radical (unpaired) electrons. The number of hydrogen-bond acceptors (Lipinski definition) is 4. The zero-order chi connectivity index (χ0) is 16.3. The molecule has 2 N–H and O–H groups in total. The van der Waals surface area contributed by atoms with Gasteiger partial charge in [0.2, 0.25) is 0 Å². The number of anilines is 1. The number of carbonyl (C=O) groups excluding carboxylic acids is 1. The van der Waals surface area contributed by atoms with Gasteiger partial charge in [-0.25, -0.2) is 4.79 Å². The van der Waals surface area contributed by atoms with Crippen LogP contribution in [0.15, 0.2) is 42.5 Å². The molecule has 1 amide bonds. The van der Waals surface area contributed by atoms with Gasteiger partial charge in [0.1, 0.15) is 0 Å². The fraction of sp³-hybridized carbons (Fsp3) is 0. The Morgan fingerprint density at radius 3 is 2.32 bits per heavy atom. The molecular weight excluding hydrogens is 312 g/mol. The smallest absolute Gasteiger partial charge is 0.337 e. The molecule has 2 aromatic carbocycles. The van der Waals surface area contributed by atoms with Crippen molar-refractivity contribution in [3.05, 3.63) is 68.7 Å². The predicted molar refractivity (Wildman–Crippen MR) is 79.5 cm³/mol. The second-order valence-electron chi connectivity index (χ2n) is 4.26. The van der Waals surface area contributed by atoms with Crippen LogP contribution in [0.25, 0.3) is 0 Å². The lowest BCUT2D eigenvalue weighted by atomic mass is 10.1. The summed E-state index contributed by atoms with van der Waals surface area (Å²) in [6, 6.07) is 9.07. The molecule has 0 aliphatic heterocycles. The SMILES string of the molecule is O=C(Nc1ccc(Cl)c(C(=O)O)c1)c1ccc([N+](=O)[O-])cc1. The summed E-state index contributed by atoms with van der Waals surface area (Å²) in [5.41, 5.74) is 0.196. The molecule has 0 bridgehead atoms. The van der Waals surface area contributed by atoms with Crippen molar-refractivity contribution in [3.8, 4) is 0 Å². The van der Waals surface area contributed by atoms with Crippen LogP contribution in [0.2, 0.25) is 5.02 Å². The molecule has 0 heterocycles. The van der Waals surface area contributed by atoms with E-state index >= 15 is 0 Å². The number of nitro benzene ring substituents is 1. The van der Waals surface area contributed by atoms with Gasteiger partial charge in [0.15, 0.2) is 0 Å². The summed E-state index contributed by atoms with van der Waals surface area (Å²) < 4.78 is 0. The molecule has 22 heavy (non-hydrogen) atoms. The number of carboxylic acid groups (broad SMARTS) is 1. The summed E-state index contributed by atoms with van der Waals surface area (Å²) in [6.07, 6.45) is 0. The molecule has 8 heteroatoms. The van der Waals surface area contributed by atoms with E-state index in [1.54, 1.807) is 0 Å². The first-order chi connectivity index (χ1) is 10.4. The van der Waals surface area contributed by atoms with Crippen LogP contribution in [0.1, 0.15) is 20.7 Å². The number of carbonyl (C=O) groups is 2. The van der Waals surface area contributed by atoms with Gasteiger partial charge in [-0.2, -0.15) is 0 Å². The molecule has 0 fully saturated rings. The third-order valence-corrected chi connectivity index (χ3v) is 3.12. The maximum absolute atomic E-state index is 12.0. The topological polar surface area (TPSA) is 110 Å². The largest absolute Gasteiger partial charge is 0.478 e. The Kier molecular flexibility index (Phi) is 4.38. The maximum atomic E-state index is 12.0. The third kappa shape index (κ3) is 3.39. The van der Waals surface area contributed by atoms with E-state index < -0.39 is 16.8 Å². The van der Waals surface area contributed by atoms with Gasteiger partial charge in [-0.3, -0.25) is 14.9 Å². The maximum Gasteiger partial charge on any atom is 0.337 e. The first-order valence-electron chi connectivity index (χ1n) is 5.97. The van der Waals surface area contributed by atoms with Crippen LogP contribution in [0.4, 0.5) is 11.4 Å². The van der Waals surface area contributed by atoms with E-state index in [9.17, 15) is 19.7 Å². The molecule has 112 valence electrons. The van der Waals surface area contributed by atoms with Crippen molar-refractivity contribution in [1.29, 1.82) is 0 Å². The molecule has 0 aromatic heterocycles. The normalized spacial score (nSPS) is 10.0. The fourth-order valence-corrected chi connectivity index (χ4v) is 1.90. The number of aromatic carboxylic acids is 1. The van der Waals surface area contributed by atoms with Gasteiger partial charge in [-0.15, -0.1) is 0 Å². The van der Waals surface area contributed by atoms with Crippen LogP contribution in [0.3, 0.4) is 0 Å². The van der Waals surface area contributed by atoms with E-state index in [4.69, 9.17) is 16.7 Å². The highest BCUT2D eigenvalue weighted by molar-refractivity contribution is 6.33. The van der Waals surface area contributed by atoms with Crippen LogP contribution < -0.4 is 5.32 Å². The van der Waals surface area contributed by atoms with Crippen molar-refractivity contribution in [2.45, 2.75) is 0 Å². The summed E-state index contributed by atoms with van der Waals surface area (Å²) >= 11 is 5.73. The number of benzene rings is 2. The Morgan fingerprint density at radius 2 is 1.77 bits per heavy atom. The van der Waals surface area contributed by atoms with Crippen molar-refractivity contribution in [1.82, 2.24) is 0 Å². The lowest BCUT2D eigenvalue weighted by Gasteiger charge is -2.07. The Balaban J connectivity index is 2.20. The van der Waals surface area contributed by atoms with E-state index in [2.05, 4.69) is 5.32 Å². The summed E-state index contributed by atoms with van der Waals surface area (Å²) in [6.45, 7) is 0. The average Bonchev–Trinajstić information content (AvgIpc) is 2.49. The van der Waals surface area contributed by atoms with Crippen LogP contribution in [0, 0.1) is 10.1 Å². The lowest BCUT2D eigenvalue weighted by molar-refractivity contribution is -0.384. The molecule has 0 aliphatic rings. The van der Waals surface area contributed by atoms with E-state index in [0.717, 1.165) is 0 Å². The minimum absolute atomic E-state index is 0.0563. The molecular formula is C14H9ClN2O5. The Hall–Kier alpha value is -2.93. The van der Waals surface area contributed by atoms with Gasteiger partial charge in [-0.1, -0.05) is 11.6 Å². The van der Waals surface area contributed by atoms with Crippen LogP contribution in [-0.2, 0) is 0 Å². The highest BCUT2D eigenvalue weighted by Crippen LogP contribution is 2.21. The zero-order valence-corrected chi connectivity index (χ0v) is 11.7. The predicted octanol–water partition coefficient (Wildman–Crippen LogP) is 3.20. The first-order valence-corrected chi connectivity index (χ1v) is 6.35. The number of non-ortho nitro benzene ring substituents is 1. The monoisotopic (exact) mass is 320 g/mol. The summed E-state index contributed by atoms with van der Waals surface area (Å²) in [5.74, 6) is -1.73. The van der Waals surface area contributed by atoms with Crippen molar-refractivity contribution in [2.75, 3.05) is 5.32 Å². The van der Waals surface area contributed by atoms with Gasteiger partial charge < -0.3 is 10.4 Å². The molecule has 2 rings (SSSR count). The quantitative estimate of drug-likeness (QED) is 0.664. The summed E-state index contributed by atoms with van der Waals surface area (Å²) in [5, 5.41) is 22.1. The first kappa shape index (κ1) is 15.5. The second-order valence-corrected chi connectivity index (χ2v) is 4.67. The van der Waals surface area contributed by atoms with Gasteiger partial charge >= 0.3 is 5.97 Å². The molecule has 0 atom stereocenters. The van der Waals surface area contributed by atoms with Gasteiger partial charge in [0, 0.05) is 23.4 Å². The number of amides is 1. The number of nitro groups is 1. The van der Waals surface area contributed by atoms with Crippen LogP contribution >= 0.6 is 11.6 Å². The highest BCUT2D eigenvalue weighted by Gasteiger charge is 2.13. The highest BCUT2D eigenvalue weighted by atomic mass is 35.5. The van der Waals surface area contributed by atoms with E-state index in [-0.39, 0.29) is 27.5 Å². The van der Waals surface area contributed by atoms with Gasteiger partial charge in [-0.05, 0) is 30.3 Å². The average molecular weight is 321 g/mol. The Labute approximate surface area is 129 Å². The van der Waals surface area contributed by atoms with E-state index in [1.807, 2.05) is 0 Å². The van der Waals surface area contributed by atoms with Crippen molar-refractivity contribution in [2.24, 2.45) is 0 Å². The number of rotatable bonds is 4. The number of nitrogens with one attached hydrogen (secondary N) is 1. The van der Waals surface area contributed by atoms with Crippen molar-refractivity contribution in [3.63, 3.8) is 0 Å². The summed E-state index contributed by atoms with van der Waals surface area (Å²) in [7, 11) is 0. The van der Waals surface area contributed by atoms with E-state index in [0.29, 0.717) is 0 Å². The molecule has 0 aliphatic carbocycles. The molecule has 0 unspecified atom stereocenters. The number of nitrogens with zero attached hydrogens (tertiary/aromatic N) is 1. The lowest BCUT2D eigenvalue weighted by Crippen LogP contribution is -2.12. The molecule has 2 aromatic rings. The number of hydrogen-bond donors (Lipinski definition) is 2. The standard InChI is InChI=1S/C14H9ClN2O5/c15-12-6-3-9(7-11(12)14(19)20)16-13(18)8-1-4-10(5-2-8)17(21)22/h1-7H,(H,16,18)(H,19,20). The number of halogens is 1. The van der Waals surface area contributed by atoms with Crippen molar-refractivity contribution >= 4 is 34.9 Å². The fourth-order valence-electron chi connectivity index (χ4n) is 1.70. The minimum atomic E-state index is -1.21. The van der Waals surface area contributed by atoms with Crippen LogP contribution in [-0.4, -0.2) is 21.9 Å². The Morgan fingerprint density at radius 1 is 1.14 bits per heavy atom. The van der Waals surface area contributed by atoms with Crippen LogP contribution in [0.5, 0.6) is 0 Å². The second kappa shape index (κ2) is 6.23. The van der Waals surface area contributed by atoms with Gasteiger partial charge in [0.25, 0.3) is 11.6 Å². The van der Waals surface area contributed by atoms with Gasteiger partial charge in [0.05, 0.1) is 15.5 Å². The minimum Gasteiger partial charge on any atom is -0.478 e. The third-order valence-electron chi connectivity index (χ3n) is 2.79. The number of carboxylic acids is 1. The Bertz CT molecular complexity index is 758. The molecule has 0 spiro atoms. The van der Waals surface area contributed by atoms with E-state index in [1.165, 1.54) is 42.5 Å². The van der Waals surface area contributed by atoms with Crippen molar-refractivity contribution < 1.29 is 19.6 Å².